The third-order valence-corrected chi connectivity index (χ3v) is 4.38. The van der Waals surface area contributed by atoms with E-state index in [9.17, 15) is 9.59 Å². The van der Waals surface area contributed by atoms with Crippen LogP contribution in [0.3, 0.4) is 0 Å². The number of nitrogens with one attached hydrogen (secondary N) is 2. The van der Waals surface area contributed by atoms with E-state index >= 15 is 0 Å². The van der Waals surface area contributed by atoms with Crippen molar-refractivity contribution in [2.24, 2.45) is 5.73 Å². The van der Waals surface area contributed by atoms with Crippen LogP contribution < -0.4 is 16.4 Å². The molecule has 0 radical (unpaired) electrons. The molecule has 1 aromatic heterocycles. The second kappa shape index (κ2) is 8.76. The third kappa shape index (κ3) is 5.42. The topological polar surface area (TPSA) is 97.1 Å². The summed E-state index contributed by atoms with van der Waals surface area (Å²) in [6.07, 6.45) is 0.668. The summed E-state index contributed by atoms with van der Waals surface area (Å²) in [6, 6.07) is 7.06. The van der Waals surface area contributed by atoms with Gasteiger partial charge in [0.25, 0.3) is 11.8 Å². The second-order valence-corrected chi connectivity index (χ2v) is 6.54. The summed E-state index contributed by atoms with van der Waals surface area (Å²) in [7, 11) is 0. The third-order valence-electron chi connectivity index (χ3n) is 2.95. The summed E-state index contributed by atoms with van der Waals surface area (Å²) in [6.45, 7) is 1.20. The summed E-state index contributed by atoms with van der Waals surface area (Å²) in [4.78, 5) is 28.0. The van der Waals surface area contributed by atoms with Crippen LogP contribution in [0.1, 0.15) is 25.9 Å². The van der Waals surface area contributed by atoms with Crippen molar-refractivity contribution in [3.63, 3.8) is 0 Å². The van der Waals surface area contributed by atoms with Crippen LogP contribution in [0.2, 0.25) is 0 Å². The number of carbonyl (C=O) groups is 2. The molecule has 1 aromatic carbocycles. The number of hydrogen-bond acceptors (Lipinski definition) is 5. The number of nitrogens with zero attached hydrogens (tertiary/aromatic N) is 1. The van der Waals surface area contributed by atoms with Crippen LogP contribution >= 0.6 is 27.3 Å². The van der Waals surface area contributed by atoms with Gasteiger partial charge in [-0.05, 0) is 30.8 Å². The van der Waals surface area contributed by atoms with Gasteiger partial charge in [-0.25, -0.2) is 4.98 Å². The molecule has 0 unspecified atom stereocenters. The summed E-state index contributed by atoms with van der Waals surface area (Å²) in [5.41, 5.74) is 6.41. The van der Waals surface area contributed by atoms with Crippen molar-refractivity contribution in [3.8, 4) is 0 Å². The normalized spacial score (nSPS) is 10.3. The Kier molecular flexibility index (Phi) is 6.69. The van der Waals surface area contributed by atoms with E-state index in [2.05, 4.69) is 31.5 Å². The summed E-state index contributed by atoms with van der Waals surface area (Å²) >= 11 is 4.74. The molecule has 0 saturated carbocycles. The van der Waals surface area contributed by atoms with E-state index in [-0.39, 0.29) is 11.8 Å². The fourth-order valence-corrected chi connectivity index (χ4v) is 2.86. The fourth-order valence-electron chi connectivity index (χ4n) is 1.80. The lowest BCUT2D eigenvalue weighted by molar-refractivity contribution is 0.0925. The maximum Gasteiger partial charge on any atom is 0.270 e. The van der Waals surface area contributed by atoms with E-state index in [1.54, 1.807) is 29.6 Å². The Morgan fingerprint density at radius 2 is 1.78 bits per heavy atom. The first kappa shape index (κ1) is 17.6. The maximum atomic E-state index is 11.9. The number of thiazole rings is 1. The van der Waals surface area contributed by atoms with E-state index in [0.29, 0.717) is 37.3 Å². The van der Waals surface area contributed by atoms with Crippen LogP contribution in [0.5, 0.6) is 0 Å². The van der Waals surface area contributed by atoms with Crippen molar-refractivity contribution in [1.82, 2.24) is 15.6 Å². The Bertz CT molecular complexity index is 672. The van der Waals surface area contributed by atoms with Gasteiger partial charge in [0.2, 0.25) is 0 Å². The van der Waals surface area contributed by atoms with Gasteiger partial charge < -0.3 is 16.4 Å². The minimum absolute atomic E-state index is 0.175. The highest BCUT2D eigenvalue weighted by molar-refractivity contribution is 9.10. The van der Waals surface area contributed by atoms with Gasteiger partial charge in [-0.1, -0.05) is 15.9 Å². The molecular formula is C15H17BrN4O2S. The van der Waals surface area contributed by atoms with Gasteiger partial charge in [0.05, 0.1) is 5.01 Å². The quantitative estimate of drug-likeness (QED) is 0.618. The zero-order valence-corrected chi connectivity index (χ0v) is 14.7. The molecule has 0 aliphatic heterocycles. The van der Waals surface area contributed by atoms with Crippen molar-refractivity contribution >= 4 is 39.1 Å². The number of amides is 2. The molecule has 6 nitrogen and oxygen atoms in total. The van der Waals surface area contributed by atoms with E-state index < -0.39 is 0 Å². The van der Waals surface area contributed by atoms with Gasteiger partial charge in [-0.15, -0.1) is 11.3 Å². The van der Waals surface area contributed by atoms with Crippen LogP contribution in [0.25, 0.3) is 0 Å². The first-order chi connectivity index (χ1) is 11.1. The molecule has 0 spiro atoms. The van der Waals surface area contributed by atoms with Crippen LogP contribution in [0.15, 0.2) is 34.1 Å². The molecule has 0 aliphatic rings. The Morgan fingerprint density at radius 3 is 2.43 bits per heavy atom. The highest BCUT2D eigenvalue weighted by Crippen LogP contribution is 2.10. The standard InChI is InChI=1S/C15H17BrN4O2S/c16-11-3-1-10(2-4-11)14(21)18-7-8-19-15(22)12-9-23-13(20-12)5-6-17/h1-4,9H,5-8,17H2,(H,18,21)(H,19,22). The van der Waals surface area contributed by atoms with Gasteiger partial charge >= 0.3 is 0 Å². The largest absolute Gasteiger partial charge is 0.350 e. The minimum Gasteiger partial charge on any atom is -0.350 e. The zero-order valence-electron chi connectivity index (χ0n) is 12.3. The molecule has 0 saturated heterocycles. The number of rotatable bonds is 7. The Morgan fingerprint density at radius 1 is 1.13 bits per heavy atom. The second-order valence-electron chi connectivity index (χ2n) is 4.68. The number of halogens is 1. The fraction of sp³-hybridized carbons (Fsp3) is 0.267. The lowest BCUT2D eigenvalue weighted by Gasteiger charge is -2.06. The lowest BCUT2D eigenvalue weighted by Crippen LogP contribution is -2.34. The van der Waals surface area contributed by atoms with E-state index in [1.807, 2.05) is 0 Å². The van der Waals surface area contributed by atoms with Crippen LogP contribution in [0, 0.1) is 0 Å². The molecule has 4 N–H and O–H groups in total. The molecule has 0 aliphatic carbocycles. The average molecular weight is 397 g/mol. The smallest absolute Gasteiger partial charge is 0.270 e. The zero-order chi connectivity index (χ0) is 16.7. The SMILES string of the molecule is NCCc1nc(C(=O)NCCNC(=O)c2ccc(Br)cc2)cs1. The van der Waals surface area contributed by atoms with E-state index in [0.717, 1.165) is 9.48 Å². The molecule has 2 amide bonds. The van der Waals surface area contributed by atoms with Gasteiger partial charge in [-0.2, -0.15) is 0 Å². The molecule has 0 bridgehead atoms. The Hall–Kier alpha value is -1.77. The Balaban J connectivity index is 1.72. The molecule has 0 fully saturated rings. The van der Waals surface area contributed by atoms with E-state index in [4.69, 9.17) is 5.73 Å². The van der Waals surface area contributed by atoms with Gasteiger partial charge in [0, 0.05) is 34.9 Å². The predicted molar refractivity (Wildman–Crippen MR) is 93.7 cm³/mol. The molecule has 2 aromatic rings. The summed E-state index contributed by atoms with van der Waals surface area (Å²) in [5.74, 6) is -0.423. The van der Waals surface area contributed by atoms with Crippen molar-refractivity contribution < 1.29 is 9.59 Å². The van der Waals surface area contributed by atoms with Crippen molar-refractivity contribution in [2.75, 3.05) is 19.6 Å². The maximum absolute atomic E-state index is 11.9. The van der Waals surface area contributed by atoms with Crippen molar-refractivity contribution in [2.45, 2.75) is 6.42 Å². The first-order valence-corrected chi connectivity index (χ1v) is 8.74. The highest BCUT2D eigenvalue weighted by Gasteiger charge is 2.10. The molecule has 1 heterocycles. The number of carbonyl (C=O) groups excluding carboxylic acids is 2. The molecule has 122 valence electrons. The molecule has 2 rings (SSSR count). The highest BCUT2D eigenvalue weighted by atomic mass is 79.9. The minimum atomic E-state index is -0.248. The van der Waals surface area contributed by atoms with Crippen molar-refractivity contribution in [1.29, 1.82) is 0 Å². The summed E-state index contributed by atoms with van der Waals surface area (Å²) < 4.78 is 0.915. The number of hydrogen-bond donors (Lipinski definition) is 3. The van der Waals surface area contributed by atoms with Gasteiger partial charge in [0.15, 0.2) is 0 Å². The van der Waals surface area contributed by atoms with Gasteiger partial charge in [-0.3, -0.25) is 9.59 Å². The molecule has 8 heteroatoms. The van der Waals surface area contributed by atoms with Crippen LogP contribution in [-0.4, -0.2) is 36.4 Å². The molecule has 23 heavy (non-hydrogen) atoms. The summed E-state index contributed by atoms with van der Waals surface area (Å²) in [5, 5.41) is 8.03. The van der Waals surface area contributed by atoms with Crippen LogP contribution in [-0.2, 0) is 6.42 Å². The number of nitrogens with two attached hydrogens (primary N) is 1. The average Bonchev–Trinajstić information content (AvgIpc) is 3.01. The Labute approximate surface area is 146 Å². The molecule has 0 atom stereocenters. The predicted octanol–water partition coefficient (Wildman–Crippen LogP) is 1.57. The van der Waals surface area contributed by atoms with Crippen LogP contribution in [0.4, 0.5) is 0 Å². The van der Waals surface area contributed by atoms with Crippen molar-refractivity contribution in [3.05, 3.63) is 50.4 Å². The number of benzene rings is 1. The lowest BCUT2D eigenvalue weighted by atomic mass is 10.2. The van der Waals surface area contributed by atoms with E-state index in [1.165, 1.54) is 11.3 Å². The first-order valence-electron chi connectivity index (χ1n) is 7.06. The monoisotopic (exact) mass is 396 g/mol. The van der Waals surface area contributed by atoms with Gasteiger partial charge in [0.1, 0.15) is 5.69 Å². The molecular weight excluding hydrogens is 380 g/mol. The number of aromatic nitrogens is 1.